The van der Waals surface area contributed by atoms with E-state index in [1.165, 1.54) is 25.7 Å². The van der Waals surface area contributed by atoms with Gasteiger partial charge in [0.05, 0.1) is 0 Å². The summed E-state index contributed by atoms with van der Waals surface area (Å²) in [5.41, 5.74) is 0. The first-order chi connectivity index (χ1) is 12.4. The second kappa shape index (κ2) is 16.2. The molecule has 1 N–H and O–H groups in total. The van der Waals surface area contributed by atoms with Crippen LogP contribution < -0.4 is 5.32 Å². The van der Waals surface area contributed by atoms with E-state index in [1.807, 2.05) is 20.8 Å². The monoisotopic (exact) mass is 407 g/mol. The fourth-order valence-electron chi connectivity index (χ4n) is 3.04. The van der Waals surface area contributed by atoms with Crippen LogP contribution in [-0.4, -0.2) is 58.1 Å². The third-order valence-corrected chi connectivity index (χ3v) is 9.23. The Morgan fingerprint density at radius 1 is 0.769 bits per heavy atom. The van der Waals surface area contributed by atoms with Gasteiger partial charge >= 0.3 is 8.80 Å². The summed E-state index contributed by atoms with van der Waals surface area (Å²) >= 11 is 0. The van der Waals surface area contributed by atoms with E-state index in [0.29, 0.717) is 24.9 Å². The molecule has 0 saturated heterocycles. The highest BCUT2D eigenvalue weighted by atomic mass is 28.4. The third kappa shape index (κ3) is 13.4. The van der Waals surface area contributed by atoms with Crippen molar-refractivity contribution in [2.45, 2.75) is 84.7 Å². The molecule has 0 aromatic rings. The zero-order valence-corrected chi connectivity index (χ0v) is 20.7. The molecule has 0 radical (unpaired) electrons. The molecule has 0 amide bonds. The van der Waals surface area contributed by atoms with Gasteiger partial charge in [-0.25, -0.2) is 0 Å². The third-order valence-electron chi connectivity index (χ3n) is 4.33. The molecule has 0 aliphatic carbocycles. The first kappa shape index (κ1) is 26.2. The summed E-state index contributed by atoms with van der Waals surface area (Å²) in [5, 5.41) is 4.00. The fourth-order valence-corrected chi connectivity index (χ4v) is 6.80. The van der Waals surface area contributed by atoms with Crippen molar-refractivity contribution in [1.82, 2.24) is 5.32 Å². The van der Waals surface area contributed by atoms with Crippen LogP contribution in [0.4, 0.5) is 0 Å². The molecule has 0 fully saturated rings. The fraction of sp³-hybridized carbons (Fsp3) is 1.00. The summed E-state index contributed by atoms with van der Waals surface area (Å²) in [4.78, 5) is 0. The first-order valence-electron chi connectivity index (χ1n) is 10.7. The minimum Gasteiger partial charge on any atom is -0.424 e. The first-order valence-corrected chi connectivity index (χ1v) is 13.9. The second-order valence-corrected chi connectivity index (χ2v) is 12.8. The lowest BCUT2D eigenvalue weighted by molar-refractivity contribution is 0.0708. The SMILES string of the molecule is CCO[SiH2]C(C)(C)CCCCCNCCC[Si](OCC)(OCC)OCC. The largest absolute Gasteiger partial charge is 0.500 e. The highest BCUT2D eigenvalue weighted by molar-refractivity contribution is 6.60. The van der Waals surface area contributed by atoms with Crippen LogP contribution in [0, 0.1) is 0 Å². The Bertz CT molecular complexity index is 303. The Kier molecular flexibility index (Phi) is 16.4. The number of hydrogen-bond acceptors (Lipinski definition) is 5. The summed E-state index contributed by atoms with van der Waals surface area (Å²) in [6.07, 6.45) is 6.19. The van der Waals surface area contributed by atoms with Crippen LogP contribution in [0.25, 0.3) is 0 Å². The molecule has 7 heteroatoms. The van der Waals surface area contributed by atoms with Gasteiger partial charge in [0.1, 0.15) is 0 Å². The van der Waals surface area contributed by atoms with E-state index in [1.54, 1.807) is 0 Å². The molecule has 0 aliphatic rings. The Hall–Kier alpha value is 0.234. The van der Waals surface area contributed by atoms with Crippen LogP contribution in [0.3, 0.4) is 0 Å². The Balaban J connectivity index is 3.78. The van der Waals surface area contributed by atoms with Crippen molar-refractivity contribution < 1.29 is 17.7 Å². The molecule has 0 rings (SSSR count). The van der Waals surface area contributed by atoms with E-state index in [2.05, 4.69) is 26.1 Å². The second-order valence-electron chi connectivity index (χ2n) is 7.45. The van der Waals surface area contributed by atoms with E-state index in [9.17, 15) is 0 Å². The van der Waals surface area contributed by atoms with E-state index >= 15 is 0 Å². The topological polar surface area (TPSA) is 49.0 Å². The smallest absolute Gasteiger partial charge is 0.424 e. The van der Waals surface area contributed by atoms with Crippen LogP contribution in [0.2, 0.25) is 11.1 Å². The molecule has 0 bridgehead atoms. The predicted molar refractivity (Wildman–Crippen MR) is 116 cm³/mol. The zero-order valence-electron chi connectivity index (χ0n) is 18.3. The van der Waals surface area contributed by atoms with E-state index in [0.717, 1.165) is 32.2 Å². The van der Waals surface area contributed by atoms with Crippen LogP contribution in [0.15, 0.2) is 0 Å². The Labute approximate surface area is 166 Å². The quantitative estimate of drug-likeness (QED) is 0.260. The number of rotatable bonds is 19. The molecular formula is C19H45NO4Si2. The van der Waals surface area contributed by atoms with Crippen molar-refractivity contribution in [3.63, 3.8) is 0 Å². The Morgan fingerprint density at radius 3 is 1.88 bits per heavy atom. The lowest BCUT2D eigenvalue weighted by Crippen LogP contribution is -2.46. The molecule has 5 nitrogen and oxygen atoms in total. The molecule has 0 aromatic heterocycles. The molecule has 0 aliphatic heterocycles. The van der Waals surface area contributed by atoms with Gasteiger partial charge in [0.15, 0.2) is 9.76 Å². The average molecular weight is 408 g/mol. The summed E-state index contributed by atoms with van der Waals surface area (Å²) in [5.74, 6) is 0. The average Bonchev–Trinajstić information content (AvgIpc) is 2.59. The number of nitrogens with one attached hydrogen (secondary N) is 1. The van der Waals surface area contributed by atoms with E-state index in [-0.39, 0.29) is 9.76 Å². The van der Waals surface area contributed by atoms with Gasteiger partial charge in [-0.1, -0.05) is 26.7 Å². The van der Waals surface area contributed by atoms with Crippen molar-refractivity contribution in [1.29, 1.82) is 0 Å². The summed E-state index contributed by atoms with van der Waals surface area (Å²) in [6, 6.07) is 0.895. The van der Waals surface area contributed by atoms with Crippen LogP contribution in [-0.2, 0) is 17.7 Å². The standard InChI is InChI=1S/C19H45NO4Si2/c1-7-21-25-19(5,6)15-12-11-13-16-20-17-14-18-26(22-8-2,23-9-3)24-10-4/h20H,7-18,25H2,1-6H3. The lowest BCUT2D eigenvalue weighted by Gasteiger charge is -2.28. The van der Waals surface area contributed by atoms with Gasteiger partial charge in [-0.05, 0) is 65.1 Å². The van der Waals surface area contributed by atoms with Crippen LogP contribution in [0.5, 0.6) is 0 Å². The van der Waals surface area contributed by atoms with E-state index in [4.69, 9.17) is 17.7 Å². The van der Waals surface area contributed by atoms with Crippen molar-refractivity contribution in [3.8, 4) is 0 Å². The van der Waals surface area contributed by atoms with Crippen molar-refractivity contribution in [2.24, 2.45) is 0 Å². The highest BCUT2D eigenvalue weighted by Gasteiger charge is 2.39. The van der Waals surface area contributed by atoms with Crippen molar-refractivity contribution >= 4 is 18.6 Å². The van der Waals surface area contributed by atoms with Crippen molar-refractivity contribution in [3.05, 3.63) is 0 Å². The molecule has 26 heavy (non-hydrogen) atoms. The Morgan fingerprint density at radius 2 is 1.35 bits per heavy atom. The minimum absolute atomic E-state index is 0.386. The maximum atomic E-state index is 5.89. The molecule has 0 heterocycles. The van der Waals surface area contributed by atoms with Crippen LogP contribution >= 0.6 is 0 Å². The molecule has 0 spiro atoms. The van der Waals surface area contributed by atoms with Crippen LogP contribution in [0.1, 0.15) is 73.6 Å². The number of hydrogen-bond donors (Lipinski definition) is 1. The predicted octanol–water partition coefficient (Wildman–Crippen LogP) is 3.89. The maximum absolute atomic E-state index is 5.89. The van der Waals surface area contributed by atoms with Gasteiger partial charge in [0.2, 0.25) is 0 Å². The highest BCUT2D eigenvalue weighted by Crippen LogP contribution is 2.30. The lowest BCUT2D eigenvalue weighted by atomic mass is 10.0. The normalized spacial score (nSPS) is 13.2. The molecular weight excluding hydrogens is 362 g/mol. The zero-order chi connectivity index (χ0) is 19.7. The van der Waals surface area contributed by atoms with Gasteiger partial charge in [0, 0.05) is 32.5 Å². The van der Waals surface area contributed by atoms with Gasteiger partial charge < -0.3 is 23.0 Å². The molecule has 158 valence electrons. The molecule has 0 saturated carbocycles. The maximum Gasteiger partial charge on any atom is 0.500 e. The summed E-state index contributed by atoms with van der Waals surface area (Å²) < 4.78 is 23.4. The summed E-state index contributed by atoms with van der Waals surface area (Å²) in [6.45, 7) is 17.8. The van der Waals surface area contributed by atoms with Gasteiger partial charge in [-0.15, -0.1) is 0 Å². The molecule has 0 unspecified atom stereocenters. The van der Waals surface area contributed by atoms with Gasteiger partial charge in [-0.3, -0.25) is 0 Å². The summed E-state index contributed by atoms with van der Waals surface area (Å²) in [7, 11) is -2.84. The number of unbranched alkanes of at least 4 members (excludes halogenated alkanes) is 2. The van der Waals surface area contributed by atoms with Gasteiger partial charge in [0.25, 0.3) is 0 Å². The van der Waals surface area contributed by atoms with Gasteiger partial charge in [-0.2, -0.15) is 0 Å². The minimum atomic E-state index is -2.46. The molecule has 0 atom stereocenters. The van der Waals surface area contributed by atoms with Crippen molar-refractivity contribution in [2.75, 3.05) is 39.5 Å². The molecule has 0 aromatic carbocycles. The van der Waals surface area contributed by atoms with E-state index < -0.39 is 8.80 Å².